The average molecular weight is 452 g/mol. The molecular formula is C24H26ClN5O2. The minimum Gasteiger partial charge on any atom is -0.374 e. The van der Waals surface area contributed by atoms with Crippen LogP contribution in [0.5, 0.6) is 0 Å². The molecule has 166 valence electrons. The molecule has 8 heteroatoms. The molecule has 2 heterocycles. The van der Waals surface area contributed by atoms with Crippen molar-refractivity contribution in [3.63, 3.8) is 0 Å². The second kappa shape index (κ2) is 9.96. The van der Waals surface area contributed by atoms with Crippen molar-refractivity contribution < 1.29 is 9.59 Å². The molecule has 0 spiro atoms. The van der Waals surface area contributed by atoms with Crippen molar-refractivity contribution in [2.75, 3.05) is 11.9 Å². The topological polar surface area (TPSA) is 99.8 Å². The van der Waals surface area contributed by atoms with E-state index in [1.165, 1.54) is 0 Å². The number of aryl methyl sites for hydroxylation is 1. The summed E-state index contributed by atoms with van der Waals surface area (Å²) >= 11 is 6.53. The predicted octanol–water partition coefficient (Wildman–Crippen LogP) is 4.27. The molecular weight excluding hydrogens is 426 g/mol. The SMILES string of the molecule is CC(=O)C(Nc1ccc(-c2[nH]ncc2CCCNC(=O)c2cccnc2)cc1Cl)C1CC1. The van der Waals surface area contributed by atoms with Crippen LogP contribution in [-0.4, -0.2) is 39.5 Å². The number of nitrogens with one attached hydrogen (secondary N) is 3. The Balaban J connectivity index is 1.36. The lowest BCUT2D eigenvalue weighted by Crippen LogP contribution is -2.29. The number of aromatic amines is 1. The third-order valence-electron chi connectivity index (χ3n) is 5.65. The zero-order valence-corrected chi connectivity index (χ0v) is 18.7. The van der Waals surface area contributed by atoms with Gasteiger partial charge in [-0.05, 0) is 68.4 Å². The number of nitrogens with zero attached hydrogens (tertiary/aromatic N) is 2. The molecule has 1 unspecified atom stereocenters. The zero-order valence-electron chi connectivity index (χ0n) is 17.9. The third kappa shape index (κ3) is 5.34. The number of H-pyrrole nitrogens is 1. The standard InChI is InChI=1S/C24H26ClN5O2/c1-15(31)22(16-6-7-16)29-21-9-8-17(12-20(21)25)23-18(14-28-30-23)4-3-11-27-24(32)19-5-2-10-26-13-19/h2,5,8-10,12-14,16,22,29H,3-4,6-7,11H2,1H3,(H,27,32)(H,28,30). The first-order valence-corrected chi connectivity index (χ1v) is 11.2. The number of hydrogen-bond donors (Lipinski definition) is 3. The summed E-state index contributed by atoms with van der Waals surface area (Å²) in [5.74, 6) is 0.413. The number of carbonyl (C=O) groups excluding carboxylic acids is 2. The molecule has 1 saturated carbocycles. The van der Waals surface area contributed by atoms with Crippen LogP contribution in [0.4, 0.5) is 5.69 Å². The molecule has 7 nitrogen and oxygen atoms in total. The summed E-state index contributed by atoms with van der Waals surface area (Å²) in [5, 5.41) is 14.0. The first-order chi connectivity index (χ1) is 15.5. The lowest BCUT2D eigenvalue weighted by Gasteiger charge is -2.18. The highest BCUT2D eigenvalue weighted by atomic mass is 35.5. The molecule has 0 saturated heterocycles. The van der Waals surface area contributed by atoms with E-state index in [0.29, 0.717) is 23.0 Å². The van der Waals surface area contributed by atoms with E-state index in [2.05, 4.69) is 25.8 Å². The van der Waals surface area contributed by atoms with Gasteiger partial charge in [-0.25, -0.2) is 0 Å². The van der Waals surface area contributed by atoms with Gasteiger partial charge in [-0.2, -0.15) is 5.10 Å². The lowest BCUT2D eigenvalue weighted by atomic mass is 10.0. The molecule has 0 bridgehead atoms. The number of benzene rings is 1. The van der Waals surface area contributed by atoms with Crippen LogP contribution in [0.2, 0.25) is 5.02 Å². The molecule has 1 atom stereocenters. The van der Waals surface area contributed by atoms with Crippen molar-refractivity contribution in [1.29, 1.82) is 0 Å². The molecule has 3 N–H and O–H groups in total. The Bertz CT molecular complexity index is 1090. The van der Waals surface area contributed by atoms with E-state index < -0.39 is 0 Å². The quantitative estimate of drug-likeness (QED) is 0.400. The van der Waals surface area contributed by atoms with Crippen molar-refractivity contribution in [2.24, 2.45) is 5.92 Å². The fraction of sp³-hybridized carbons (Fsp3) is 0.333. The van der Waals surface area contributed by atoms with Gasteiger partial charge in [0, 0.05) is 24.5 Å². The molecule has 1 aliphatic rings. The Kier molecular flexibility index (Phi) is 6.85. The molecule has 32 heavy (non-hydrogen) atoms. The van der Waals surface area contributed by atoms with Crippen LogP contribution in [0.3, 0.4) is 0 Å². The summed E-state index contributed by atoms with van der Waals surface area (Å²) in [4.78, 5) is 28.0. The summed E-state index contributed by atoms with van der Waals surface area (Å²) in [5.41, 5.74) is 4.20. The fourth-order valence-electron chi connectivity index (χ4n) is 3.77. The summed E-state index contributed by atoms with van der Waals surface area (Å²) < 4.78 is 0. The van der Waals surface area contributed by atoms with Crippen LogP contribution in [-0.2, 0) is 11.2 Å². The molecule has 2 aromatic heterocycles. The maximum Gasteiger partial charge on any atom is 0.252 e. The molecule has 0 aliphatic heterocycles. The number of aromatic nitrogens is 3. The smallest absolute Gasteiger partial charge is 0.252 e. The van der Waals surface area contributed by atoms with Gasteiger partial charge in [-0.1, -0.05) is 17.7 Å². The van der Waals surface area contributed by atoms with Gasteiger partial charge in [-0.3, -0.25) is 19.7 Å². The molecule has 1 aromatic carbocycles. The monoisotopic (exact) mass is 451 g/mol. The summed E-state index contributed by atoms with van der Waals surface area (Å²) in [7, 11) is 0. The van der Waals surface area contributed by atoms with Crippen molar-refractivity contribution in [3.8, 4) is 11.3 Å². The molecule has 1 amide bonds. The summed E-state index contributed by atoms with van der Waals surface area (Å²) in [6, 6.07) is 9.07. The lowest BCUT2D eigenvalue weighted by molar-refractivity contribution is -0.118. The number of rotatable bonds is 10. The van der Waals surface area contributed by atoms with Crippen molar-refractivity contribution in [3.05, 3.63) is 65.1 Å². The molecule has 0 radical (unpaired) electrons. The second-order valence-electron chi connectivity index (χ2n) is 8.14. The highest BCUT2D eigenvalue weighted by Gasteiger charge is 2.34. The van der Waals surface area contributed by atoms with Gasteiger partial charge in [0.2, 0.25) is 0 Å². The first kappa shape index (κ1) is 22.0. The first-order valence-electron chi connectivity index (χ1n) is 10.8. The Hall–Kier alpha value is -3.19. The predicted molar refractivity (Wildman–Crippen MR) is 125 cm³/mol. The van der Waals surface area contributed by atoms with Crippen molar-refractivity contribution >= 4 is 29.0 Å². The maximum atomic E-state index is 12.1. The largest absolute Gasteiger partial charge is 0.374 e. The van der Waals surface area contributed by atoms with E-state index >= 15 is 0 Å². The Morgan fingerprint density at radius 1 is 1.25 bits per heavy atom. The number of anilines is 1. The van der Waals surface area contributed by atoms with Gasteiger partial charge >= 0.3 is 0 Å². The number of pyridine rings is 1. The highest BCUT2D eigenvalue weighted by molar-refractivity contribution is 6.33. The average Bonchev–Trinajstić information content (AvgIpc) is 3.52. The third-order valence-corrected chi connectivity index (χ3v) is 5.96. The van der Waals surface area contributed by atoms with Gasteiger partial charge in [0.15, 0.2) is 5.78 Å². The van der Waals surface area contributed by atoms with Crippen LogP contribution in [0.25, 0.3) is 11.3 Å². The van der Waals surface area contributed by atoms with E-state index in [0.717, 1.165) is 48.2 Å². The molecule has 4 rings (SSSR count). The van der Waals surface area contributed by atoms with Crippen molar-refractivity contribution in [2.45, 2.75) is 38.6 Å². The van der Waals surface area contributed by atoms with Crippen LogP contribution in [0, 0.1) is 5.92 Å². The highest BCUT2D eigenvalue weighted by Crippen LogP contribution is 2.37. The fourth-order valence-corrected chi connectivity index (χ4v) is 4.00. The van der Waals surface area contributed by atoms with Gasteiger partial charge in [-0.15, -0.1) is 0 Å². The van der Waals surface area contributed by atoms with E-state index in [9.17, 15) is 9.59 Å². The van der Waals surface area contributed by atoms with Crippen LogP contribution < -0.4 is 10.6 Å². The summed E-state index contributed by atoms with van der Waals surface area (Å²) in [6.45, 7) is 2.17. The zero-order chi connectivity index (χ0) is 22.5. The van der Waals surface area contributed by atoms with E-state index in [1.54, 1.807) is 37.6 Å². The van der Waals surface area contributed by atoms with E-state index in [-0.39, 0.29) is 17.7 Å². The normalized spacial score (nSPS) is 14.1. The number of amides is 1. The van der Waals surface area contributed by atoms with E-state index in [1.807, 2.05) is 18.2 Å². The van der Waals surface area contributed by atoms with Crippen molar-refractivity contribution in [1.82, 2.24) is 20.5 Å². The molecule has 3 aromatic rings. The van der Waals surface area contributed by atoms with Gasteiger partial charge in [0.25, 0.3) is 5.91 Å². The second-order valence-corrected chi connectivity index (χ2v) is 8.54. The maximum absolute atomic E-state index is 12.1. The minimum absolute atomic E-state index is 0.129. The Morgan fingerprint density at radius 2 is 2.09 bits per heavy atom. The Labute approximate surface area is 192 Å². The van der Waals surface area contributed by atoms with Gasteiger partial charge in [0.05, 0.1) is 34.2 Å². The van der Waals surface area contributed by atoms with Gasteiger partial charge in [0.1, 0.15) is 0 Å². The van der Waals surface area contributed by atoms with Crippen LogP contribution >= 0.6 is 11.6 Å². The molecule has 1 aliphatic carbocycles. The Morgan fingerprint density at radius 3 is 2.78 bits per heavy atom. The number of hydrogen-bond acceptors (Lipinski definition) is 5. The number of halogens is 1. The van der Waals surface area contributed by atoms with Crippen LogP contribution in [0.1, 0.15) is 42.1 Å². The van der Waals surface area contributed by atoms with Crippen LogP contribution in [0.15, 0.2) is 48.9 Å². The number of carbonyl (C=O) groups is 2. The minimum atomic E-state index is -0.178. The van der Waals surface area contributed by atoms with Gasteiger partial charge < -0.3 is 10.6 Å². The van der Waals surface area contributed by atoms with E-state index in [4.69, 9.17) is 11.6 Å². The number of ketones is 1. The molecule has 1 fully saturated rings. The number of Topliss-reactive ketones (excluding diaryl/α,β-unsaturated/α-hetero) is 1. The summed E-state index contributed by atoms with van der Waals surface area (Å²) in [6.07, 6.45) is 8.67.